The van der Waals surface area contributed by atoms with Crippen molar-refractivity contribution in [2.75, 3.05) is 6.54 Å². The van der Waals surface area contributed by atoms with E-state index in [0.717, 1.165) is 30.5 Å². The molecule has 2 rings (SSSR count). The number of benzene rings is 1. The van der Waals surface area contributed by atoms with Crippen molar-refractivity contribution < 1.29 is 8.42 Å². The Morgan fingerprint density at radius 1 is 1.24 bits per heavy atom. The summed E-state index contributed by atoms with van der Waals surface area (Å²) in [6, 6.07) is 8.19. The van der Waals surface area contributed by atoms with Crippen LogP contribution in [0.2, 0.25) is 0 Å². The molecule has 1 aliphatic carbocycles. The summed E-state index contributed by atoms with van der Waals surface area (Å²) < 4.78 is 27.0. The number of rotatable bonds is 8. The molecule has 2 N–H and O–H groups in total. The number of nitrogens with one attached hydrogen (secondary N) is 2. The average molecular weight is 310 g/mol. The molecule has 1 aromatic rings. The molecule has 0 bridgehead atoms. The predicted molar refractivity (Wildman–Crippen MR) is 86.4 cm³/mol. The zero-order valence-corrected chi connectivity index (χ0v) is 14.0. The van der Waals surface area contributed by atoms with Gasteiger partial charge in [-0.15, -0.1) is 0 Å². The zero-order valence-electron chi connectivity index (χ0n) is 13.1. The monoisotopic (exact) mass is 310 g/mol. The van der Waals surface area contributed by atoms with Crippen LogP contribution in [0.5, 0.6) is 0 Å². The SMILES string of the molecule is CC(C)NCc1cccc(CS(=O)(=O)NCC2(C)CC2)c1. The molecule has 0 aromatic heterocycles. The second-order valence-corrected chi connectivity index (χ2v) is 8.55. The molecule has 0 heterocycles. The van der Waals surface area contributed by atoms with E-state index in [1.54, 1.807) is 0 Å². The molecule has 21 heavy (non-hydrogen) atoms. The quantitative estimate of drug-likeness (QED) is 0.775. The minimum Gasteiger partial charge on any atom is -0.310 e. The Balaban J connectivity index is 1.93. The van der Waals surface area contributed by atoms with Gasteiger partial charge in [-0.3, -0.25) is 0 Å². The minimum absolute atomic E-state index is 0.0542. The largest absolute Gasteiger partial charge is 0.310 e. The molecule has 4 nitrogen and oxygen atoms in total. The van der Waals surface area contributed by atoms with Crippen molar-refractivity contribution in [3.05, 3.63) is 35.4 Å². The number of hydrogen-bond acceptors (Lipinski definition) is 3. The standard InChI is InChI=1S/C16H26N2O2S/c1-13(2)17-10-14-5-4-6-15(9-14)11-21(19,20)18-12-16(3)7-8-16/h4-6,9,13,17-18H,7-8,10-12H2,1-3H3. The maximum absolute atomic E-state index is 12.1. The Bertz CT molecular complexity index is 578. The number of hydrogen-bond donors (Lipinski definition) is 2. The van der Waals surface area contributed by atoms with Gasteiger partial charge in [0.25, 0.3) is 0 Å². The number of sulfonamides is 1. The maximum atomic E-state index is 12.1. The molecule has 0 saturated heterocycles. The van der Waals surface area contributed by atoms with E-state index in [4.69, 9.17) is 0 Å². The molecule has 0 spiro atoms. The highest BCUT2D eigenvalue weighted by atomic mass is 32.2. The van der Waals surface area contributed by atoms with Crippen LogP contribution in [0, 0.1) is 5.41 Å². The normalized spacial score (nSPS) is 17.1. The fourth-order valence-corrected chi connectivity index (χ4v) is 3.39. The topological polar surface area (TPSA) is 58.2 Å². The van der Waals surface area contributed by atoms with Crippen LogP contribution in [-0.4, -0.2) is 21.0 Å². The Morgan fingerprint density at radius 2 is 1.90 bits per heavy atom. The molecule has 118 valence electrons. The van der Waals surface area contributed by atoms with Gasteiger partial charge in [0.05, 0.1) is 5.75 Å². The summed E-state index contributed by atoms with van der Waals surface area (Å²) in [6.45, 7) is 7.63. The molecule has 5 heteroatoms. The fraction of sp³-hybridized carbons (Fsp3) is 0.625. The summed E-state index contributed by atoms with van der Waals surface area (Å²) >= 11 is 0. The van der Waals surface area contributed by atoms with Crippen molar-refractivity contribution in [1.29, 1.82) is 0 Å². The summed E-state index contributed by atoms with van der Waals surface area (Å²) in [6.07, 6.45) is 2.23. The third-order valence-corrected chi connectivity index (χ3v) is 5.18. The van der Waals surface area contributed by atoms with Crippen molar-refractivity contribution >= 4 is 10.0 Å². The molecule has 1 fully saturated rings. The van der Waals surface area contributed by atoms with E-state index in [1.807, 2.05) is 24.3 Å². The second-order valence-electron chi connectivity index (χ2n) is 6.75. The van der Waals surface area contributed by atoms with Crippen LogP contribution in [0.15, 0.2) is 24.3 Å². The predicted octanol–water partition coefficient (Wildman–Crippen LogP) is 2.40. The summed E-state index contributed by atoms with van der Waals surface area (Å²) in [5.41, 5.74) is 2.15. The summed E-state index contributed by atoms with van der Waals surface area (Å²) in [7, 11) is -3.25. The molecular formula is C16H26N2O2S. The van der Waals surface area contributed by atoms with E-state index in [1.165, 1.54) is 0 Å². The van der Waals surface area contributed by atoms with E-state index in [0.29, 0.717) is 12.6 Å². The van der Waals surface area contributed by atoms with Crippen LogP contribution >= 0.6 is 0 Å². The lowest BCUT2D eigenvalue weighted by Gasteiger charge is -2.12. The Morgan fingerprint density at radius 3 is 2.52 bits per heavy atom. The Hall–Kier alpha value is -0.910. The second kappa shape index (κ2) is 6.46. The van der Waals surface area contributed by atoms with E-state index < -0.39 is 10.0 Å². The lowest BCUT2D eigenvalue weighted by Crippen LogP contribution is -2.30. The third kappa shape index (κ3) is 5.77. The van der Waals surface area contributed by atoms with Gasteiger partial charge in [0.15, 0.2) is 0 Å². The highest BCUT2D eigenvalue weighted by Crippen LogP contribution is 2.44. The van der Waals surface area contributed by atoms with Crippen molar-refractivity contribution in [3.8, 4) is 0 Å². The molecular weight excluding hydrogens is 284 g/mol. The lowest BCUT2D eigenvalue weighted by molar-refractivity contribution is 0.530. The fourth-order valence-electron chi connectivity index (χ4n) is 2.10. The van der Waals surface area contributed by atoms with Crippen molar-refractivity contribution in [3.63, 3.8) is 0 Å². The van der Waals surface area contributed by atoms with Crippen molar-refractivity contribution in [1.82, 2.24) is 10.0 Å². The van der Waals surface area contributed by atoms with Gasteiger partial charge in [-0.25, -0.2) is 13.1 Å². The average Bonchev–Trinajstić information content (AvgIpc) is 3.13. The Kier molecular flexibility index (Phi) is 5.07. The molecule has 0 radical (unpaired) electrons. The molecule has 1 aliphatic rings. The van der Waals surface area contributed by atoms with Crippen LogP contribution in [0.4, 0.5) is 0 Å². The van der Waals surface area contributed by atoms with Crippen LogP contribution in [0.3, 0.4) is 0 Å². The first kappa shape index (κ1) is 16.5. The summed E-state index contributed by atoms with van der Waals surface area (Å²) in [5.74, 6) is 0.0542. The van der Waals surface area contributed by atoms with Gasteiger partial charge < -0.3 is 5.32 Å². The summed E-state index contributed by atoms with van der Waals surface area (Å²) in [4.78, 5) is 0. The first-order valence-corrected chi connectivity index (χ1v) is 9.22. The smallest absolute Gasteiger partial charge is 0.215 e. The molecule has 1 aromatic carbocycles. The molecule has 0 unspecified atom stereocenters. The van der Waals surface area contributed by atoms with Gasteiger partial charge in [-0.1, -0.05) is 45.0 Å². The highest BCUT2D eigenvalue weighted by Gasteiger charge is 2.37. The van der Waals surface area contributed by atoms with Crippen LogP contribution in [0.1, 0.15) is 44.7 Å². The van der Waals surface area contributed by atoms with E-state index in [2.05, 4.69) is 30.8 Å². The van der Waals surface area contributed by atoms with Gasteiger partial charge in [0.2, 0.25) is 10.0 Å². The van der Waals surface area contributed by atoms with Gasteiger partial charge in [-0.05, 0) is 29.4 Å². The molecule has 0 amide bonds. The van der Waals surface area contributed by atoms with Gasteiger partial charge in [0, 0.05) is 19.1 Å². The van der Waals surface area contributed by atoms with Gasteiger partial charge in [0.1, 0.15) is 0 Å². The lowest BCUT2D eigenvalue weighted by atomic mass is 10.1. The van der Waals surface area contributed by atoms with E-state index in [9.17, 15) is 8.42 Å². The maximum Gasteiger partial charge on any atom is 0.215 e. The molecule has 0 atom stereocenters. The highest BCUT2D eigenvalue weighted by molar-refractivity contribution is 7.88. The van der Waals surface area contributed by atoms with Crippen LogP contribution < -0.4 is 10.0 Å². The molecule has 1 saturated carbocycles. The zero-order chi connectivity index (χ0) is 15.5. The minimum atomic E-state index is -3.25. The first-order valence-electron chi connectivity index (χ1n) is 7.57. The molecule has 0 aliphatic heterocycles. The van der Waals surface area contributed by atoms with Crippen LogP contribution in [0.25, 0.3) is 0 Å². The van der Waals surface area contributed by atoms with Crippen LogP contribution in [-0.2, 0) is 22.3 Å². The van der Waals surface area contributed by atoms with Gasteiger partial charge in [-0.2, -0.15) is 0 Å². The first-order chi connectivity index (χ1) is 9.78. The van der Waals surface area contributed by atoms with E-state index >= 15 is 0 Å². The Labute approximate surface area is 128 Å². The van der Waals surface area contributed by atoms with Gasteiger partial charge >= 0.3 is 0 Å². The van der Waals surface area contributed by atoms with E-state index in [-0.39, 0.29) is 11.2 Å². The summed E-state index contributed by atoms with van der Waals surface area (Å²) in [5, 5.41) is 3.34. The third-order valence-electron chi connectivity index (χ3n) is 3.88. The van der Waals surface area contributed by atoms with Crippen molar-refractivity contribution in [2.45, 2.75) is 52.0 Å². The van der Waals surface area contributed by atoms with Crippen molar-refractivity contribution in [2.24, 2.45) is 5.41 Å².